The van der Waals surface area contributed by atoms with E-state index in [4.69, 9.17) is 4.84 Å². The third-order valence-corrected chi connectivity index (χ3v) is 6.69. The fourth-order valence-corrected chi connectivity index (χ4v) is 4.92. The number of carbonyl (C=O) groups is 3. The van der Waals surface area contributed by atoms with E-state index in [9.17, 15) is 22.8 Å². The summed E-state index contributed by atoms with van der Waals surface area (Å²) >= 11 is 0. The van der Waals surface area contributed by atoms with Crippen LogP contribution < -0.4 is 0 Å². The van der Waals surface area contributed by atoms with Crippen LogP contribution in [0.15, 0.2) is 41.4 Å². The lowest BCUT2D eigenvalue weighted by Crippen LogP contribution is -2.33. The van der Waals surface area contributed by atoms with Gasteiger partial charge in [-0.2, -0.15) is 4.31 Å². The molecule has 2 aliphatic rings. The van der Waals surface area contributed by atoms with Crippen LogP contribution >= 0.6 is 0 Å². The van der Waals surface area contributed by atoms with Crippen molar-refractivity contribution in [1.82, 2.24) is 13.9 Å². The van der Waals surface area contributed by atoms with Gasteiger partial charge in [0.15, 0.2) is 0 Å². The fourth-order valence-electron chi connectivity index (χ4n) is 3.34. The molecule has 1 aromatic heterocycles. The summed E-state index contributed by atoms with van der Waals surface area (Å²) in [7, 11) is -2.22. The highest BCUT2D eigenvalue weighted by molar-refractivity contribution is 7.89. The first kappa shape index (κ1) is 18.4. The molecular weight excluding hydrogens is 386 g/mol. The molecule has 2 amide bonds. The number of aromatic nitrogens is 1. The van der Waals surface area contributed by atoms with Gasteiger partial charge in [-0.3, -0.25) is 9.59 Å². The second-order valence-corrected chi connectivity index (χ2v) is 8.55. The van der Waals surface area contributed by atoms with Gasteiger partial charge in [-0.25, -0.2) is 13.2 Å². The van der Waals surface area contributed by atoms with Gasteiger partial charge in [-0.05, 0) is 31.0 Å². The minimum Gasteiger partial charge on any atom is -0.344 e. The van der Waals surface area contributed by atoms with Crippen LogP contribution in [0.2, 0.25) is 0 Å². The zero-order valence-corrected chi connectivity index (χ0v) is 15.8. The van der Waals surface area contributed by atoms with E-state index in [1.165, 1.54) is 40.3 Å². The Hall–Kier alpha value is -2.98. The number of carbonyl (C=O) groups excluding carboxylic acids is 3. The first-order chi connectivity index (χ1) is 13.3. The monoisotopic (exact) mass is 403 g/mol. The van der Waals surface area contributed by atoms with Crippen molar-refractivity contribution >= 4 is 27.8 Å². The van der Waals surface area contributed by atoms with Crippen LogP contribution in [0.4, 0.5) is 0 Å². The Morgan fingerprint density at radius 2 is 1.61 bits per heavy atom. The summed E-state index contributed by atoms with van der Waals surface area (Å²) in [5.41, 5.74) is 0.197. The minimum absolute atomic E-state index is 0.0359. The molecule has 0 radical (unpaired) electrons. The fraction of sp³-hybridized carbons (Fsp3) is 0.278. The molecule has 1 fully saturated rings. The van der Waals surface area contributed by atoms with Gasteiger partial charge in [-0.1, -0.05) is 17.2 Å². The zero-order chi connectivity index (χ0) is 20.1. The highest BCUT2D eigenvalue weighted by Crippen LogP contribution is 2.25. The molecule has 2 aliphatic heterocycles. The van der Waals surface area contributed by atoms with Gasteiger partial charge in [0.25, 0.3) is 11.8 Å². The molecule has 146 valence electrons. The number of amides is 2. The maximum absolute atomic E-state index is 12.7. The summed E-state index contributed by atoms with van der Waals surface area (Å²) in [6.07, 6.45) is 2.90. The number of sulfonamides is 1. The van der Waals surface area contributed by atoms with Crippen LogP contribution in [0.5, 0.6) is 0 Å². The molecule has 0 spiro atoms. The Morgan fingerprint density at radius 1 is 1.04 bits per heavy atom. The normalized spacial score (nSPS) is 17.2. The molecule has 3 heterocycles. The summed E-state index contributed by atoms with van der Waals surface area (Å²) in [5, 5.41) is 0.397. The van der Waals surface area contributed by atoms with Gasteiger partial charge >= 0.3 is 5.97 Å². The van der Waals surface area contributed by atoms with Crippen molar-refractivity contribution in [3.8, 4) is 0 Å². The van der Waals surface area contributed by atoms with Gasteiger partial charge in [0.2, 0.25) is 10.0 Å². The number of hydrogen-bond donors (Lipinski definition) is 0. The molecule has 2 aromatic rings. The first-order valence-electron chi connectivity index (χ1n) is 8.67. The quantitative estimate of drug-likeness (QED) is 0.710. The number of aryl methyl sites for hydroxylation is 1. The minimum atomic E-state index is -3.71. The molecule has 0 atom stereocenters. The molecule has 9 nitrogen and oxygen atoms in total. The molecule has 1 saturated heterocycles. The van der Waals surface area contributed by atoms with Crippen LogP contribution in [0.1, 0.15) is 44.0 Å². The second kappa shape index (κ2) is 6.57. The lowest BCUT2D eigenvalue weighted by Gasteiger charge is -2.13. The summed E-state index contributed by atoms with van der Waals surface area (Å²) in [6, 6.07) is 7.32. The van der Waals surface area contributed by atoms with Crippen molar-refractivity contribution in [2.24, 2.45) is 7.05 Å². The van der Waals surface area contributed by atoms with Crippen LogP contribution in [0.3, 0.4) is 0 Å². The average molecular weight is 403 g/mol. The third-order valence-electron chi connectivity index (χ3n) is 4.82. The topological polar surface area (TPSA) is 106 Å². The predicted molar refractivity (Wildman–Crippen MR) is 95.8 cm³/mol. The molecule has 0 N–H and O–H groups in total. The molecule has 28 heavy (non-hydrogen) atoms. The van der Waals surface area contributed by atoms with Crippen molar-refractivity contribution in [2.75, 3.05) is 13.1 Å². The molecule has 0 unspecified atom stereocenters. The number of hydrogen-bond acceptors (Lipinski definition) is 6. The molecule has 10 heteroatoms. The van der Waals surface area contributed by atoms with Crippen molar-refractivity contribution < 1.29 is 27.6 Å². The molecule has 4 rings (SSSR count). The smallest absolute Gasteiger partial charge is 0.344 e. The van der Waals surface area contributed by atoms with Gasteiger partial charge in [0.1, 0.15) is 10.6 Å². The van der Waals surface area contributed by atoms with Crippen LogP contribution in [0.25, 0.3) is 0 Å². The van der Waals surface area contributed by atoms with Crippen molar-refractivity contribution in [3.05, 3.63) is 53.3 Å². The number of hydroxylamine groups is 2. The highest BCUT2D eigenvalue weighted by atomic mass is 32.2. The van der Waals surface area contributed by atoms with E-state index in [1.807, 2.05) is 0 Å². The van der Waals surface area contributed by atoms with Crippen LogP contribution in [0, 0.1) is 0 Å². The Bertz CT molecular complexity index is 1060. The maximum Gasteiger partial charge on any atom is 0.380 e. The van der Waals surface area contributed by atoms with Gasteiger partial charge in [-0.15, -0.1) is 0 Å². The number of benzene rings is 1. The zero-order valence-electron chi connectivity index (χ0n) is 15.0. The van der Waals surface area contributed by atoms with E-state index in [0.717, 1.165) is 12.8 Å². The summed E-state index contributed by atoms with van der Waals surface area (Å²) in [5.74, 6) is -2.49. The van der Waals surface area contributed by atoms with Crippen LogP contribution in [-0.4, -0.2) is 53.2 Å². The summed E-state index contributed by atoms with van der Waals surface area (Å²) in [4.78, 5) is 42.1. The number of nitrogens with zero attached hydrogens (tertiary/aromatic N) is 3. The Labute approximate surface area is 161 Å². The molecule has 1 aromatic carbocycles. The predicted octanol–water partition coefficient (Wildman–Crippen LogP) is 1.18. The maximum atomic E-state index is 12.7. The number of rotatable bonds is 4. The van der Waals surface area contributed by atoms with Gasteiger partial charge < -0.3 is 9.40 Å². The average Bonchev–Trinajstić information content (AvgIpc) is 3.39. The van der Waals surface area contributed by atoms with E-state index in [2.05, 4.69) is 0 Å². The number of fused-ring (bicyclic) bond motifs is 1. The van der Waals surface area contributed by atoms with E-state index in [1.54, 1.807) is 12.1 Å². The molecule has 0 bridgehead atoms. The largest absolute Gasteiger partial charge is 0.380 e. The molecule has 0 aliphatic carbocycles. The van der Waals surface area contributed by atoms with E-state index in [0.29, 0.717) is 18.2 Å². The lowest BCUT2D eigenvalue weighted by molar-refractivity contribution is -0.0590. The van der Waals surface area contributed by atoms with E-state index >= 15 is 0 Å². The van der Waals surface area contributed by atoms with Crippen molar-refractivity contribution in [3.63, 3.8) is 0 Å². The Kier molecular flexibility index (Phi) is 4.31. The van der Waals surface area contributed by atoms with Gasteiger partial charge in [0, 0.05) is 26.3 Å². The van der Waals surface area contributed by atoms with Crippen molar-refractivity contribution in [2.45, 2.75) is 17.7 Å². The number of imide groups is 1. The summed E-state index contributed by atoms with van der Waals surface area (Å²) < 4.78 is 28.0. The SMILES string of the molecule is Cn1cc(S(=O)(=O)N2CCCC2)cc1C(=O)ON1C(=O)c2ccccc2C1=O. The van der Waals surface area contributed by atoms with Crippen LogP contribution in [-0.2, 0) is 21.9 Å². The standard InChI is InChI=1S/C18H17N3O6S/c1-19-11-12(28(25,26)20-8-4-5-9-20)10-15(19)18(24)27-21-16(22)13-6-2-3-7-14(13)17(21)23/h2-3,6-7,10-11H,4-5,8-9H2,1H3. The second-order valence-electron chi connectivity index (χ2n) is 6.61. The van der Waals surface area contributed by atoms with Crippen molar-refractivity contribution in [1.29, 1.82) is 0 Å². The summed E-state index contributed by atoms with van der Waals surface area (Å²) in [6.45, 7) is 0.873. The lowest BCUT2D eigenvalue weighted by atomic mass is 10.1. The Balaban J connectivity index is 1.58. The van der Waals surface area contributed by atoms with E-state index < -0.39 is 27.8 Å². The van der Waals surface area contributed by atoms with E-state index in [-0.39, 0.29) is 21.7 Å². The third kappa shape index (κ3) is 2.81. The molecule has 0 saturated carbocycles. The molecular formula is C18H17N3O6S. The van der Waals surface area contributed by atoms with Gasteiger partial charge in [0.05, 0.1) is 11.1 Å². The highest BCUT2D eigenvalue weighted by Gasteiger charge is 2.39. The first-order valence-corrected chi connectivity index (χ1v) is 10.1. The Morgan fingerprint density at radius 3 is 2.18 bits per heavy atom.